The van der Waals surface area contributed by atoms with E-state index in [1.165, 1.54) is 11.9 Å². The molecule has 1 heterocycles. The molecule has 0 amide bonds. The minimum Gasteiger partial charge on any atom is -0.490 e. The molecule has 0 saturated carbocycles. The van der Waals surface area contributed by atoms with E-state index in [1.807, 2.05) is 43.3 Å². The van der Waals surface area contributed by atoms with Gasteiger partial charge in [0.25, 0.3) is 0 Å². The molecule has 2 aromatic carbocycles. The zero-order chi connectivity index (χ0) is 18.2. The Morgan fingerprint density at radius 1 is 1.00 bits per heavy atom. The summed E-state index contributed by atoms with van der Waals surface area (Å²) >= 11 is 0. The summed E-state index contributed by atoms with van der Waals surface area (Å²) in [5.74, 6) is 1.58. The maximum absolute atomic E-state index is 5.88. The fraction of sp³-hybridized carbons (Fsp3) is 0.300. The molecular weight excluding hydrogens is 328 g/mol. The average Bonchev–Trinajstić information content (AvgIpc) is 3.19. The van der Waals surface area contributed by atoms with E-state index in [0.29, 0.717) is 13.2 Å². The van der Waals surface area contributed by atoms with Gasteiger partial charge in [-0.2, -0.15) is 5.10 Å². The van der Waals surface area contributed by atoms with Crippen LogP contribution in [-0.2, 0) is 6.54 Å². The summed E-state index contributed by atoms with van der Waals surface area (Å²) in [6.07, 6.45) is 3.23. The van der Waals surface area contributed by atoms with E-state index in [2.05, 4.69) is 34.2 Å². The van der Waals surface area contributed by atoms with Crippen LogP contribution in [0.1, 0.15) is 12.5 Å². The van der Waals surface area contributed by atoms with Crippen LogP contribution >= 0.6 is 0 Å². The lowest BCUT2D eigenvalue weighted by atomic mass is 10.2. The molecule has 0 radical (unpaired) electrons. The second-order valence-electron chi connectivity index (χ2n) is 5.97. The third kappa shape index (κ3) is 4.83. The maximum atomic E-state index is 5.88. The Morgan fingerprint density at radius 3 is 2.38 bits per heavy atom. The fourth-order valence-electron chi connectivity index (χ4n) is 2.64. The minimum atomic E-state index is 0.609. The molecule has 0 bridgehead atoms. The Labute approximate surface area is 154 Å². The first-order valence-electron chi connectivity index (χ1n) is 8.73. The lowest BCUT2D eigenvalue weighted by Crippen LogP contribution is -2.24. The highest BCUT2D eigenvalue weighted by atomic mass is 16.5. The van der Waals surface area contributed by atoms with Crippen LogP contribution < -0.4 is 9.47 Å². The molecule has 0 spiro atoms. The van der Waals surface area contributed by atoms with Crippen LogP contribution in [0.15, 0.2) is 61.2 Å². The third-order valence-electron chi connectivity index (χ3n) is 3.95. The van der Waals surface area contributed by atoms with Gasteiger partial charge in [-0.1, -0.05) is 24.3 Å². The number of hydrogen-bond acceptors (Lipinski definition) is 5. The molecule has 0 aliphatic heterocycles. The van der Waals surface area contributed by atoms with E-state index in [0.717, 1.165) is 30.3 Å². The van der Waals surface area contributed by atoms with Gasteiger partial charge in [-0.25, -0.2) is 9.67 Å². The van der Waals surface area contributed by atoms with Crippen LogP contribution in [0, 0.1) is 0 Å². The van der Waals surface area contributed by atoms with Gasteiger partial charge in [0.15, 0.2) is 11.5 Å². The zero-order valence-corrected chi connectivity index (χ0v) is 15.2. The summed E-state index contributed by atoms with van der Waals surface area (Å²) in [5, 5.41) is 4.14. The van der Waals surface area contributed by atoms with Gasteiger partial charge in [0.1, 0.15) is 19.3 Å². The molecule has 0 N–H and O–H groups in total. The van der Waals surface area contributed by atoms with Gasteiger partial charge in [-0.3, -0.25) is 4.90 Å². The van der Waals surface area contributed by atoms with Crippen molar-refractivity contribution in [2.45, 2.75) is 13.5 Å². The van der Waals surface area contributed by atoms with Gasteiger partial charge in [0.05, 0.1) is 12.3 Å². The molecule has 3 aromatic rings. The highest BCUT2D eigenvalue weighted by Gasteiger charge is 2.05. The summed E-state index contributed by atoms with van der Waals surface area (Å²) in [7, 11) is 2.09. The van der Waals surface area contributed by atoms with E-state index >= 15 is 0 Å². The van der Waals surface area contributed by atoms with Crippen LogP contribution in [0.4, 0.5) is 0 Å². The summed E-state index contributed by atoms with van der Waals surface area (Å²) in [6.45, 7) is 4.89. The molecule has 26 heavy (non-hydrogen) atoms. The minimum absolute atomic E-state index is 0.609. The van der Waals surface area contributed by atoms with Crippen molar-refractivity contribution in [3.8, 4) is 17.2 Å². The van der Waals surface area contributed by atoms with Gasteiger partial charge in [-0.15, -0.1) is 0 Å². The van der Waals surface area contributed by atoms with Crippen molar-refractivity contribution in [2.75, 3.05) is 26.8 Å². The summed E-state index contributed by atoms with van der Waals surface area (Å²) in [6, 6.07) is 16.1. The lowest BCUT2D eigenvalue weighted by molar-refractivity contribution is 0.222. The Hall–Kier alpha value is -2.86. The molecule has 136 valence electrons. The second kappa shape index (κ2) is 9.01. The van der Waals surface area contributed by atoms with E-state index in [4.69, 9.17) is 9.47 Å². The van der Waals surface area contributed by atoms with Gasteiger partial charge in [0.2, 0.25) is 0 Å². The quantitative estimate of drug-likeness (QED) is 0.592. The number of aromatic nitrogens is 3. The van der Waals surface area contributed by atoms with Crippen LogP contribution in [0.5, 0.6) is 11.5 Å². The van der Waals surface area contributed by atoms with E-state index in [1.54, 1.807) is 11.0 Å². The average molecular weight is 352 g/mol. The van der Waals surface area contributed by atoms with Crippen LogP contribution in [-0.4, -0.2) is 46.5 Å². The van der Waals surface area contributed by atoms with Crippen molar-refractivity contribution in [1.82, 2.24) is 19.7 Å². The van der Waals surface area contributed by atoms with Gasteiger partial charge < -0.3 is 9.47 Å². The first-order valence-corrected chi connectivity index (χ1v) is 8.73. The molecule has 0 unspecified atom stereocenters. The Bertz CT molecular complexity index is 788. The van der Waals surface area contributed by atoms with E-state index in [9.17, 15) is 0 Å². The smallest absolute Gasteiger partial charge is 0.161 e. The second-order valence-corrected chi connectivity index (χ2v) is 5.97. The predicted molar refractivity (Wildman–Crippen MR) is 101 cm³/mol. The van der Waals surface area contributed by atoms with Crippen LogP contribution in [0.2, 0.25) is 0 Å². The first kappa shape index (κ1) is 17.9. The van der Waals surface area contributed by atoms with Crippen molar-refractivity contribution >= 4 is 0 Å². The van der Waals surface area contributed by atoms with E-state index < -0.39 is 0 Å². The van der Waals surface area contributed by atoms with Gasteiger partial charge >= 0.3 is 0 Å². The molecule has 1 aromatic heterocycles. The SMILES string of the molecule is CCOc1ccccc1OCCN(C)Cc1ccc(-n2cncn2)cc1. The molecule has 6 heteroatoms. The number of benzene rings is 2. The number of likely N-dealkylation sites (N-methyl/N-ethyl adjacent to an activating group) is 1. The Morgan fingerprint density at radius 2 is 1.73 bits per heavy atom. The number of ether oxygens (including phenoxy) is 2. The van der Waals surface area contributed by atoms with Crippen molar-refractivity contribution in [3.05, 3.63) is 66.7 Å². The molecule has 0 fully saturated rings. The maximum Gasteiger partial charge on any atom is 0.161 e. The van der Waals surface area contributed by atoms with E-state index in [-0.39, 0.29) is 0 Å². The lowest BCUT2D eigenvalue weighted by Gasteiger charge is -2.18. The summed E-state index contributed by atoms with van der Waals surface area (Å²) in [4.78, 5) is 6.20. The van der Waals surface area contributed by atoms with Crippen molar-refractivity contribution in [1.29, 1.82) is 0 Å². The van der Waals surface area contributed by atoms with Crippen molar-refractivity contribution in [2.24, 2.45) is 0 Å². The molecule has 0 aliphatic rings. The van der Waals surface area contributed by atoms with Crippen molar-refractivity contribution < 1.29 is 9.47 Å². The molecule has 0 saturated heterocycles. The van der Waals surface area contributed by atoms with Crippen LogP contribution in [0.25, 0.3) is 5.69 Å². The normalized spacial score (nSPS) is 10.9. The van der Waals surface area contributed by atoms with Gasteiger partial charge in [-0.05, 0) is 43.8 Å². The van der Waals surface area contributed by atoms with Crippen molar-refractivity contribution in [3.63, 3.8) is 0 Å². The third-order valence-corrected chi connectivity index (χ3v) is 3.95. The molecule has 0 atom stereocenters. The molecular formula is C20H24N4O2. The number of rotatable bonds is 9. The number of hydrogen-bond donors (Lipinski definition) is 0. The molecule has 6 nitrogen and oxygen atoms in total. The number of nitrogens with zero attached hydrogens (tertiary/aromatic N) is 4. The predicted octanol–water partition coefficient (Wildman–Crippen LogP) is 3.18. The molecule has 0 aliphatic carbocycles. The zero-order valence-electron chi connectivity index (χ0n) is 15.2. The Balaban J connectivity index is 1.48. The number of para-hydroxylation sites is 2. The highest BCUT2D eigenvalue weighted by Crippen LogP contribution is 2.26. The largest absolute Gasteiger partial charge is 0.490 e. The topological polar surface area (TPSA) is 52.4 Å². The standard InChI is InChI=1S/C20H24N4O2/c1-3-25-19-6-4-5-7-20(19)26-13-12-23(2)14-17-8-10-18(11-9-17)24-16-21-15-22-24/h4-11,15-16H,3,12-14H2,1-2H3. The summed E-state index contributed by atoms with van der Waals surface area (Å²) < 4.78 is 13.2. The fourth-order valence-corrected chi connectivity index (χ4v) is 2.64. The molecule has 3 rings (SSSR count). The first-order chi connectivity index (χ1) is 12.8. The van der Waals surface area contributed by atoms with Gasteiger partial charge in [0, 0.05) is 13.1 Å². The summed E-state index contributed by atoms with van der Waals surface area (Å²) in [5.41, 5.74) is 2.25. The van der Waals surface area contributed by atoms with Crippen LogP contribution in [0.3, 0.4) is 0 Å². The highest BCUT2D eigenvalue weighted by molar-refractivity contribution is 5.39. The monoisotopic (exact) mass is 352 g/mol. The Kier molecular flexibility index (Phi) is 6.22.